The molecule has 0 heterocycles. The van der Waals surface area contributed by atoms with Crippen molar-refractivity contribution in [3.8, 4) is 11.5 Å². The summed E-state index contributed by atoms with van der Waals surface area (Å²) in [5.41, 5.74) is 1.10. The highest BCUT2D eigenvalue weighted by Crippen LogP contribution is 2.36. The molecule has 1 saturated carbocycles. The average molecular weight is 357 g/mol. The van der Waals surface area contributed by atoms with Crippen molar-refractivity contribution in [2.45, 2.75) is 31.8 Å². The highest BCUT2D eigenvalue weighted by molar-refractivity contribution is 9.10. The summed E-state index contributed by atoms with van der Waals surface area (Å²) in [7, 11) is 3.50. The van der Waals surface area contributed by atoms with Crippen LogP contribution in [0.25, 0.3) is 0 Å². The molecule has 2 rings (SSSR count). The molecule has 1 aromatic rings. The molecule has 21 heavy (non-hydrogen) atoms. The summed E-state index contributed by atoms with van der Waals surface area (Å²) >= 11 is 3.49. The lowest BCUT2D eigenvalue weighted by molar-refractivity contribution is -0.121. The Morgan fingerprint density at radius 3 is 2.81 bits per heavy atom. The van der Waals surface area contributed by atoms with Gasteiger partial charge in [-0.3, -0.25) is 4.79 Å². The van der Waals surface area contributed by atoms with Gasteiger partial charge in [-0.05, 0) is 53.5 Å². The molecule has 1 aliphatic rings. The second-order valence-corrected chi connectivity index (χ2v) is 5.93. The first-order valence-corrected chi connectivity index (χ1v) is 7.86. The first kappa shape index (κ1) is 16.1. The highest BCUT2D eigenvalue weighted by Gasteiger charge is 2.23. The molecule has 5 nitrogen and oxygen atoms in total. The van der Waals surface area contributed by atoms with Gasteiger partial charge >= 0.3 is 0 Å². The molecule has 116 valence electrons. The smallest absolute Gasteiger partial charge is 0.223 e. The van der Waals surface area contributed by atoms with Crippen molar-refractivity contribution in [3.63, 3.8) is 0 Å². The van der Waals surface area contributed by atoms with E-state index in [2.05, 4.69) is 26.6 Å². The van der Waals surface area contributed by atoms with E-state index >= 15 is 0 Å². The molecule has 0 radical (unpaired) electrons. The summed E-state index contributed by atoms with van der Waals surface area (Å²) in [5.74, 6) is 1.34. The van der Waals surface area contributed by atoms with Crippen LogP contribution in [0.5, 0.6) is 11.5 Å². The van der Waals surface area contributed by atoms with Crippen LogP contribution in [-0.4, -0.2) is 32.7 Å². The van der Waals surface area contributed by atoms with Gasteiger partial charge in [-0.2, -0.15) is 0 Å². The molecule has 0 unspecified atom stereocenters. The van der Waals surface area contributed by atoms with E-state index in [9.17, 15) is 4.79 Å². The molecule has 0 spiro atoms. The first-order valence-electron chi connectivity index (χ1n) is 7.07. The second-order valence-electron chi connectivity index (χ2n) is 5.08. The van der Waals surface area contributed by atoms with Crippen LogP contribution >= 0.6 is 15.9 Å². The fourth-order valence-electron chi connectivity index (χ4n) is 1.99. The summed E-state index contributed by atoms with van der Waals surface area (Å²) in [6, 6.07) is 4.30. The number of carbonyl (C=O) groups excluding carboxylic acids is 1. The second kappa shape index (κ2) is 7.66. The number of benzene rings is 1. The lowest BCUT2D eigenvalue weighted by atomic mass is 10.2. The number of amides is 1. The monoisotopic (exact) mass is 356 g/mol. The molecule has 0 bridgehead atoms. The number of hydrogen-bond donors (Lipinski definition) is 2. The van der Waals surface area contributed by atoms with Gasteiger partial charge in [0, 0.05) is 12.6 Å². The van der Waals surface area contributed by atoms with E-state index in [-0.39, 0.29) is 5.91 Å². The molecular weight excluding hydrogens is 336 g/mol. The van der Waals surface area contributed by atoms with Gasteiger partial charge in [-0.25, -0.2) is 0 Å². The van der Waals surface area contributed by atoms with Crippen LogP contribution < -0.4 is 20.1 Å². The predicted octanol–water partition coefficient (Wildman–Crippen LogP) is 2.22. The van der Waals surface area contributed by atoms with E-state index < -0.39 is 0 Å². The fourth-order valence-corrected chi connectivity index (χ4v) is 2.60. The number of nitrogens with one attached hydrogen (secondary N) is 2. The van der Waals surface area contributed by atoms with E-state index in [1.165, 1.54) is 0 Å². The minimum absolute atomic E-state index is 0.0411. The van der Waals surface area contributed by atoms with Gasteiger partial charge in [0.25, 0.3) is 0 Å². The maximum absolute atomic E-state index is 11.6. The van der Waals surface area contributed by atoms with Gasteiger partial charge in [-0.1, -0.05) is 0 Å². The summed E-state index contributed by atoms with van der Waals surface area (Å²) in [5, 5.41) is 6.03. The Hall–Kier alpha value is -1.27. The summed E-state index contributed by atoms with van der Waals surface area (Å²) in [6.07, 6.45) is 2.54. The number of ether oxygens (including phenoxy) is 2. The van der Waals surface area contributed by atoms with E-state index in [1.54, 1.807) is 7.11 Å². The van der Waals surface area contributed by atoms with Gasteiger partial charge in [0.15, 0.2) is 11.5 Å². The van der Waals surface area contributed by atoms with Gasteiger partial charge in [0.2, 0.25) is 5.91 Å². The van der Waals surface area contributed by atoms with Crippen LogP contribution in [0, 0.1) is 0 Å². The zero-order chi connectivity index (χ0) is 15.2. The standard InChI is InChI=1S/C15H21BrN2O3/c1-17-9-10-7-12(16)15(13(8-10)20-2)21-6-5-14(19)18-11-3-4-11/h7-8,11,17H,3-6,9H2,1-2H3,(H,18,19). The predicted molar refractivity (Wildman–Crippen MR) is 84.7 cm³/mol. The van der Waals surface area contributed by atoms with Crippen LogP contribution in [0.1, 0.15) is 24.8 Å². The number of hydrogen-bond acceptors (Lipinski definition) is 4. The molecule has 1 amide bonds. The van der Waals surface area contributed by atoms with Gasteiger partial charge in [0.05, 0.1) is 24.6 Å². The maximum Gasteiger partial charge on any atom is 0.223 e. The van der Waals surface area contributed by atoms with Crippen LogP contribution in [0.3, 0.4) is 0 Å². The van der Waals surface area contributed by atoms with Gasteiger partial charge < -0.3 is 20.1 Å². The normalized spacial score (nSPS) is 13.9. The lowest BCUT2D eigenvalue weighted by Crippen LogP contribution is -2.26. The van der Waals surface area contributed by atoms with Gasteiger partial charge in [-0.15, -0.1) is 0 Å². The Labute approximate surface area is 133 Å². The molecule has 0 atom stereocenters. The average Bonchev–Trinajstić information content (AvgIpc) is 3.25. The Morgan fingerprint density at radius 2 is 2.19 bits per heavy atom. The summed E-state index contributed by atoms with van der Waals surface area (Å²) in [6.45, 7) is 1.08. The highest BCUT2D eigenvalue weighted by atomic mass is 79.9. The van der Waals surface area contributed by atoms with Crippen molar-refractivity contribution in [2.24, 2.45) is 0 Å². The Bertz CT molecular complexity index is 504. The maximum atomic E-state index is 11.6. The zero-order valence-corrected chi connectivity index (χ0v) is 14.0. The fraction of sp³-hybridized carbons (Fsp3) is 0.533. The number of rotatable bonds is 8. The van der Waals surface area contributed by atoms with E-state index in [4.69, 9.17) is 9.47 Å². The first-order chi connectivity index (χ1) is 10.1. The van der Waals surface area contributed by atoms with Crippen LogP contribution in [0.2, 0.25) is 0 Å². The molecule has 0 aliphatic heterocycles. The molecule has 0 aromatic heterocycles. The molecular formula is C15H21BrN2O3. The summed E-state index contributed by atoms with van der Waals surface area (Å²) < 4.78 is 11.9. The largest absolute Gasteiger partial charge is 0.493 e. The van der Waals surface area contributed by atoms with Crippen molar-refractivity contribution in [1.29, 1.82) is 0 Å². The van der Waals surface area contributed by atoms with Crippen molar-refractivity contribution >= 4 is 21.8 Å². The van der Waals surface area contributed by atoms with Crippen molar-refractivity contribution in [2.75, 3.05) is 20.8 Å². The van der Waals surface area contributed by atoms with Crippen LogP contribution in [-0.2, 0) is 11.3 Å². The molecule has 6 heteroatoms. The Kier molecular flexibility index (Phi) is 5.87. The van der Waals surface area contributed by atoms with Crippen molar-refractivity contribution in [3.05, 3.63) is 22.2 Å². The number of carbonyl (C=O) groups is 1. The third-order valence-electron chi connectivity index (χ3n) is 3.19. The third kappa shape index (κ3) is 4.89. The molecule has 2 N–H and O–H groups in total. The molecule has 1 aromatic carbocycles. The number of halogens is 1. The van der Waals surface area contributed by atoms with E-state index in [1.807, 2.05) is 19.2 Å². The van der Waals surface area contributed by atoms with E-state index in [0.717, 1.165) is 29.4 Å². The topological polar surface area (TPSA) is 59.6 Å². The molecule has 1 fully saturated rings. The minimum Gasteiger partial charge on any atom is -0.493 e. The molecule has 0 saturated heterocycles. The van der Waals surface area contributed by atoms with E-state index in [0.29, 0.717) is 30.6 Å². The quantitative estimate of drug-likeness (QED) is 0.749. The zero-order valence-electron chi connectivity index (χ0n) is 12.4. The SMILES string of the molecule is CNCc1cc(Br)c(OCCC(=O)NC2CC2)c(OC)c1. The third-order valence-corrected chi connectivity index (χ3v) is 3.78. The van der Waals surface area contributed by atoms with Crippen molar-refractivity contribution < 1.29 is 14.3 Å². The summed E-state index contributed by atoms with van der Waals surface area (Å²) in [4.78, 5) is 11.6. The van der Waals surface area contributed by atoms with Gasteiger partial charge in [0.1, 0.15) is 0 Å². The van der Waals surface area contributed by atoms with Crippen molar-refractivity contribution in [1.82, 2.24) is 10.6 Å². The molecule has 1 aliphatic carbocycles. The van der Waals surface area contributed by atoms with Crippen LogP contribution in [0.15, 0.2) is 16.6 Å². The Morgan fingerprint density at radius 1 is 1.43 bits per heavy atom. The van der Waals surface area contributed by atoms with Crippen LogP contribution in [0.4, 0.5) is 0 Å². The Balaban J connectivity index is 1.92. The lowest BCUT2D eigenvalue weighted by Gasteiger charge is -2.14. The number of methoxy groups -OCH3 is 1. The minimum atomic E-state index is 0.0411.